The molecular weight excluding hydrogens is 264 g/mol. The van der Waals surface area contributed by atoms with E-state index in [1.807, 2.05) is 39.1 Å². The molecule has 1 aromatic rings. The van der Waals surface area contributed by atoms with Crippen LogP contribution in [0.3, 0.4) is 0 Å². The third-order valence-corrected chi connectivity index (χ3v) is 3.92. The van der Waals surface area contributed by atoms with E-state index in [1.165, 1.54) is 12.8 Å². The van der Waals surface area contributed by atoms with E-state index in [4.69, 9.17) is 5.73 Å². The first kappa shape index (κ1) is 15.8. The molecule has 2 rings (SSSR count). The summed E-state index contributed by atoms with van der Waals surface area (Å²) < 4.78 is 0. The standard InChI is InChI=1S/C16H26N4O/c1-16(2,3)14(17)15(21)19-11-12-6-7-13(18-10-12)20-8-4-5-9-20/h6-7,10,14H,4-5,8-9,11,17H2,1-3H3,(H,19,21)/t14-/m1/s1. The van der Waals surface area contributed by atoms with E-state index in [1.54, 1.807) is 0 Å². The van der Waals surface area contributed by atoms with Crippen LogP contribution in [0.15, 0.2) is 18.3 Å². The maximum atomic E-state index is 12.0. The van der Waals surface area contributed by atoms with E-state index >= 15 is 0 Å². The Morgan fingerprint density at radius 2 is 2.05 bits per heavy atom. The third-order valence-electron chi connectivity index (χ3n) is 3.92. The fourth-order valence-corrected chi connectivity index (χ4v) is 2.35. The summed E-state index contributed by atoms with van der Waals surface area (Å²) in [4.78, 5) is 18.7. The molecule has 116 valence electrons. The lowest BCUT2D eigenvalue weighted by atomic mass is 9.87. The van der Waals surface area contributed by atoms with Crippen molar-refractivity contribution >= 4 is 11.7 Å². The predicted molar refractivity (Wildman–Crippen MR) is 85.0 cm³/mol. The first-order valence-electron chi connectivity index (χ1n) is 7.61. The van der Waals surface area contributed by atoms with Crippen LogP contribution >= 0.6 is 0 Å². The van der Waals surface area contributed by atoms with Gasteiger partial charge in [-0.15, -0.1) is 0 Å². The van der Waals surface area contributed by atoms with Crippen LogP contribution in [0.5, 0.6) is 0 Å². The largest absolute Gasteiger partial charge is 0.357 e. The average molecular weight is 290 g/mol. The minimum Gasteiger partial charge on any atom is -0.357 e. The van der Waals surface area contributed by atoms with Gasteiger partial charge in [-0.25, -0.2) is 4.98 Å². The van der Waals surface area contributed by atoms with Gasteiger partial charge in [0.15, 0.2) is 0 Å². The van der Waals surface area contributed by atoms with Crippen LogP contribution in [0.4, 0.5) is 5.82 Å². The molecule has 1 saturated heterocycles. The second kappa shape index (κ2) is 6.43. The molecule has 0 aliphatic carbocycles. The Balaban J connectivity index is 1.87. The topological polar surface area (TPSA) is 71.2 Å². The highest BCUT2D eigenvalue weighted by atomic mass is 16.2. The van der Waals surface area contributed by atoms with E-state index in [0.717, 1.165) is 24.5 Å². The lowest BCUT2D eigenvalue weighted by molar-refractivity contribution is -0.124. The number of nitrogens with two attached hydrogens (primary N) is 1. The summed E-state index contributed by atoms with van der Waals surface area (Å²) in [5, 5.41) is 2.88. The molecule has 3 N–H and O–H groups in total. The molecule has 1 aliphatic rings. The molecule has 1 fully saturated rings. The molecule has 5 nitrogen and oxygen atoms in total. The molecule has 1 atom stereocenters. The van der Waals surface area contributed by atoms with Crippen molar-refractivity contribution in [2.45, 2.75) is 46.2 Å². The normalized spacial score (nSPS) is 16.9. The SMILES string of the molecule is CC(C)(C)[C@H](N)C(=O)NCc1ccc(N2CCCC2)nc1. The van der Waals surface area contributed by atoms with Crippen molar-refractivity contribution in [1.82, 2.24) is 10.3 Å². The zero-order valence-electron chi connectivity index (χ0n) is 13.2. The van der Waals surface area contributed by atoms with E-state index in [0.29, 0.717) is 6.54 Å². The van der Waals surface area contributed by atoms with Gasteiger partial charge in [0.05, 0.1) is 6.04 Å². The van der Waals surface area contributed by atoms with Crippen molar-refractivity contribution in [3.8, 4) is 0 Å². The molecule has 2 heterocycles. The quantitative estimate of drug-likeness (QED) is 0.885. The van der Waals surface area contributed by atoms with Crippen molar-refractivity contribution in [2.75, 3.05) is 18.0 Å². The summed E-state index contributed by atoms with van der Waals surface area (Å²) in [6.07, 6.45) is 4.31. The zero-order valence-corrected chi connectivity index (χ0v) is 13.2. The number of hydrogen-bond acceptors (Lipinski definition) is 4. The maximum absolute atomic E-state index is 12.0. The summed E-state index contributed by atoms with van der Waals surface area (Å²) >= 11 is 0. The van der Waals surface area contributed by atoms with Crippen LogP contribution in [-0.2, 0) is 11.3 Å². The Labute approximate surface area is 126 Å². The number of carbonyl (C=O) groups is 1. The number of nitrogens with one attached hydrogen (secondary N) is 1. The monoisotopic (exact) mass is 290 g/mol. The van der Waals surface area contributed by atoms with Gasteiger partial charge in [0.2, 0.25) is 5.91 Å². The smallest absolute Gasteiger partial charge is 0.237 e. The van der Waals surface area contributed by atoms with Crippen LogP contribution in [0.25, 0.3) is 0 Å². The minimum atomic E-state index is -0.505. The van der Waals surface area contributed by atoms with Crippen molar-refractivity contribution in [3.63, 3.8) is 0 Å². The van der Waals surface area contributed by atoms with Crippen LogP contribution in [-0.4, -0.2) is 30.0 Å². The highest BCUT2D eigenvalue weighted by molar-refractivity contribution is 5.82. The highest BCUT2D eigenvalue weighted by Gasteiger charge is 2.27. The summed E-state index contributed by atoms with van der Waals surface area (Å²) in [5.41, 5.74) is 6.69. The molecule has 0 spiro atoms. The Kier molecular flexibility index (Phi) is 4.83. The first-order chi connectivity index (χ1) is 9.88. The number of rotatable bonds is 4. The van der Waals surface area contributed by atoms with Crippen molar-refractivity contribution in [1.29, 1.82) is 0 Å². The Morgan fingerprint density at radius 3 is 2.57 bits per heavy atom. The second-order valence-electron chi connectivity index (χ2n) is 6.78. The minimum absolute atomic E-state index is 0.119. The molecule has 1 amide bonds. The lowest BCUT2D eigenvalue weighted by Crippen LogP contribution is -2.48. The van der Waals surface area contributed by atoms with Gasteiger partial charge in [0.25, 0.3) is 0 Å². The number of anilines is 1. The molecule has 1 aromatic heterocycles. The molecule has 0 saturated carbocycles. The summed E-state index contributed by atoms with van der Waals surface area (Å²) in [7, 11) is 0. The van der Waals surface area contributed by atoms with Crippen LogP contribution in [0, 0.1) is 5.41 Å². The molecule has 0 radical (unpaired) electrons. The van der Waals surface area contributed by atoms with Crippen molar-refractivity contribution in [2.24, 2.45) is 11.1 Å². The maximum Gasteiger partial charge on any atom is 0.237 e. The summed E-state index contributed by atoms with van der Waals surface area (Å²) in [6.45, 7) is 8.53. The van der Waals surface area contributed by atoms with Gasteiger partial charge < -0.3 is 16.0 Å². The number of nitrogens with zero attached hydrogens (tertiary/aromatic N) is 2. The molecule has 0 aromatic carbocycles. The van der Waals surface area contributed by atoms with Gasteiger partial charge in [0.1, 0.15) is 5.82 Å². The Bertz CT molecular complexity index is 472. The molecule has 5 heteroatoms. The van der Waals surface area contributed by atoms with Gasteiger partial charge in [-0.05, 0) is 29.9 Å². The molecule has 1 aliphatic heterocycles. The third kappa shape index (κ3) is 4.17. The first-order valence-corrected chi connectivity index (χ1v) is 7.61. The zero-order chi connectivity index (χ0) is 15.5. The van der Waals surface area contributed by atoms with Crippen LogP contribution in [0.2, 0.25) is 0 Å². The molecule has 0 bridgehead atoms. The van der Waals surface area contributed by atoms with Gasteiger partial charge >= 0.3 is 0 Å². The predicted octanol–water partition coefficient (Wildman–Crippen LogP) is 1.67. The molecule has 0 unspecified atom stereocenters. The number of carbonyl (C=O) groups excluding carboxylic acids is 1. The molecular formula is C16H26N4O. The lowest BCUT2D eigenvalue weighted by Gasteiger charge is -2.25. The number of pyridine rings is 1. The summed E-state index contributed by atoms with van der Waals surface area (Å²) in [5.74, 6) is 0.903. The van der Waals surface area contributed by atoms with Crippen molar-refractivity contribution < 1.29 is 4.79 Å². The number of aromatic nitrogens is 1. The molecule has 21 heavy (non-hydrogen) atoms. The Morgan fingerprint density at radius 1 is 1.38 bits per heavy atom. The van der Waals surface area contributed by atoms with E-state index in [2.05, 4.69) is 15.2 Å². The van der Waals surface area contributed by atoms with Crippen LogP contribution < -0.4 is 16.0 Å². The van der Waals surface area contributed by atoms with Gasteiger partial charge in [-0.3, -0.25) is 4.79 Å². The number of hydrogen-bond donors (Lipinski definition) is 2. The average Bonchev–Trinajstić information content (AvgIpc) is 2.97. The van der Waals surface area contributed by atoms with Gasteiger partial charge in [-0.2, -0.15) is 0 Å². The fourth-order valence-electron chi connectivity index (χ4n) is 2.35. The van der Waals surface area contributed by atoms with E-state index in [-0.39, 0.29) is 11.3 Å². The van der Waals surface area contributed by atoms with E-state index in [9.17, 15) is 4.79 Å². The fraction of sp³-hybridized carbons (Fsp3) is 0.625. The number of amides is 1. The highest BCUT2D eigenvalue weighted by Crippen LogP contribution is 2.18. The van der Waals surface area contributed by atoms with E-state index < -0.39 is 6.04 Å². The summed E-state index contributed by atoms with van der Waals surface area (Å²) in [6, 6.07) is 3.54. The van der Waals surface area contributed by atoms with Crippen LogP contribution in [0.1, 0.15) is 39.2 Å². The van der Waals surface area contributed by atoms with Gasteiger partial charge in [0, 0.05) is 25.8 Å². The Hall–Kier alpha value is -1.62. The van der Waals surface area contributed by atoms with Gasteiger partial charge in [-0.1, -0.05) is 26.8 Å². The van der Waals surface area contributed by atoms with Crippen molar-refractivity contribution in [3.05, 3.63) is 23.9 Å². The second-order valence-corrected chi connectivity index (χ2v) is 6.78.